The van der Waals surface area contributed by atoms with Gasteiger partial charge in [0.2, 0.25) is 0 Å². The van der Waals surface area contributed by atoms with Crippen LogP contribution in [-0.2, 0) is 0 Å². The lowest BCUT2D eigenvalue weighted by molar-refractivity contribution is -0.0231. The second-order valence-electron chi connectivity index (χ2n) is 11.7. The van der Waals surface area contributed by atoms with Crippen LogP contribution in [0.1, 0.15) is 127 Å². The summed E-state index contributed by atoms with van der Waals surface area (Å²) in [6, 6.07) is 9.79. The van der Waals surface area contributed by atoms with E-state index >= 15 is 0 Å². The molecule has 0 aliphatic heterocycles. The third kappa shape index (κ3) is 6.63. The van der Waals surface area contributed by atoms with Gasteiger partial charge in [-0.15, -0.1) is 12.6 Å². The molecule has 4 aliphatic rings. The van der Waals surface area contributed by atoms with Crippen LogP contribution in [-0.4, -0.2) is 6.54 Å². The Morgan fingerprint density at radius 2 is 1.53 bits per heavy atom. The van der Waals surface area contributed by atoms with Crippen molar-refractivity contribution in [3.63, 3.8) is 0 Å². The van der Waals surface area contributed by atoms with E-state index in [1.54, 1.807) is 0 Å². The smallest absolute Gasteiger partial charge is 0.00399 e. The second-order valence-corrected chi connectivity index (χ2v) is 12.3. The van der Waals surface area contributed by atoms with E-state index in [1.165, 1.54) is 70.6 Å². The first kappa shape index (κ1) is 33.3. The number of nitrogens with two attached hydrogens (primary N) is 1. The summed E-state index contributed by atoms with van der Waals surface area (Å²) in [6.45, 7) is 16.8. The van der Waals surface area contributed by atoms with E-state index in [9.17, 15) is 0 Å². The highest BCUT2D eigenvalue weighted by Crippen LogP contribution is 2.70. The number of rotatable bonds is 3. The quantitative estimate of drug-likeness (QED) is 0.304. The summed E-state index contributed by atoms with van der Waals surface area (Å²) < 4.78 is 0. The number of benzene rings is 1. The van der Waals surface area contributed by atoms with Crippen molar-refractivity contribution in [1.82, 2.24) is 0 Å². The van der Waals surface area contributed by atoms with Gasteiger partial charge in [0.15, 0.2) is 0 Å². The molecule has 6 atom stereocenters. The van der Waals surface area contributed by atoms with Gasteiger partial charge in [0.1, 0.15) is 0 Å². The predicted molar refractivity (Wildman–Crippen MR) is 166 cm³/mol. The van der Waals surface area contributed by atoms with Gasteiger partial charge in [0.05, 0.1) is 0 Å². The van der Waals surface area contributed by atoms with Crippen LogP contribution in [0, 0.1) is 34.0 Å². The molecule has 208 valence electrons. The van der Waals surface area contributed by atoms with Gasteiger partial charge >= 0.3 is 0 Å². The number of hydrogen-bond donors (Lipinski definition) is 2. The number of thiol groups is 1. The average molecular weight is 516 g/mol. The van der Waals surface area contributed by atoms with E-state index in [0.717, 1.165) is 29.2 Å². The van der Waals surface area contributed by atoms with Crippen molar-refractivity contribution in [2.75, 3.05) is 6.54 Å². The lowest BCUT2D eigenvalue weighted by Gasteiger charge is -2.61. The zero-order valence-corrected chi connectivity index (χ0v) is 25.1. The molecular weight excluding hydrogens is 454 g/mol. The summed E-state index contributed by atoms with van der Waals surface area (Å²) >= 11 is 4.08. The monoisotopic (exact) mass is 515 g/mol. The van der Waals surface area contributed by atoms with Crippen LogP contribution in [0.3, 0.4) is 0 Å². The maximum atomic E-state index is 5.83. The van der Waals surface area contributed by atoms with Gasteiger partial charge in [-0.25, -0.2) is 0 Å². The van der Waals surface area contributed by atoms with Crippen molar-refractivity contribution in [3.8, 4) is 0 Å². The third-order valence-corrected chi connectivity index (χ3v) is 10.5. The number of fused-ring (bicyclic) bond motifs is 5. The van der Waals surface area contributed by atoms with E-state index < -0.39 is 0 Å². The Morgan fingerprint density at radius 3 is 2.11 bits per heavy atom. The molecule has 1 aromatic rings. The van der Waals surface area contributed by atoms with Crippen molar-refractivity contribution in [2.24, 2.45) is 39.7 Å². The molecule has 1 unspecified atom stereocenters. The zero-order valence-electron chi connectivity index (χ0n) is 24.2. The van der Waals surface area contributed by atoms with Crippen LogP contribution in [0.2, 0.25) is 0 Å². The molecule has 5 rings (SSSR count). The van der Waals surface area contributed by atoms with E-state index in [1.807, 2.05) is 63.6 Å². The summed E-state index contributed by atoms with van der Waals surface area (Å²) in [5.41, 5.74) is 9.31. The molecule has 3 fully saturated rings. The Morgan fingerprint density at radius 1 is 0.861 bits per heavy atom. The van der Waals surface area contributed by atoms with Crippen LogP contribution >= 0.6 is 12.6 Å². The Kier molecular flexibility index (Phi) is 13.9. The van der Waals surface area contributed by atoms with E-state index in [2.05, 4.69) is 39.5 Å². The van der Waals surface area contributed by atoms with Crippen molar-refractivity contribution >= 4 is 12.6 Å². The molecule has 0 radical (unpaired) electrons. The topological polar surface area (TPSA) is 26.0 Å². The second kappa shape index (κ2) is 15.0. The molecule has 2 heteroatoms. The molecule has 0 spiro atoms. The molecule has 0 amide bonds. The van der Waals surface area contributed by atoms with Crippen LogP contribution in [0.5, 0.6) is 0 Å². The highest BCUT2D eigenvalue weighted by atomic mass is 32.1. The molecular formula is C34H61NS. The molecule has 2 N–H and O–H groups in total. The minimum atomic E-state index is 0. The van der Waals surface area contributed by atoms with Crippen LogP contribution < -0.4 is 5.73 Å². The van der Waals surface area contributed by atoms with Crippen molar-refractivity contribution in [2.45, 2.75) is 131 Å². The Bertz CT molecular complexity index is 773. The highest BCUT2D eigenvalue weighted by molar-refractivity contribution is 7.80. The van der Waals surface area contributed by atoms with Crippen LogP contribution in [0.25, 0.3) is 0 Å². The van der Waals surface area contributed by atoms with Gasteiger partial charge < -0.3 is 5.73 Å². The van der Waals surface area contributed by atoms with E-state index in [-0.39, 0.29) is 7.43 Å². The van der Waals surface area contributed by atoms with Gasteiger partial charge in [-0.05, 0) is 110 Å². The molecule has 0 aromatic heterocycles. The number of hydrogen-bond acceptors (Lipinski definition) is 2. The fourth-order valence-corrected chi connectivity index (χ4v) is 8.74. The lowest BCUT2D eigenvalue weighted by Crippen LogP contribution is -2.52. The van der Waals surface area contributed by atoms with Crippen LogP contribution in [0.4, 0.5) is 0 Å². The summed E-state index contributed by atoms with van der Waals surface area (Å²) in [5, 5.41) is 0. The van der Waals surface area contributed by atoms with Crippen molar-refractivity contribution in [3.05, 3.63) is 42.0 Å². The predicted octanol–water partition coefficient (Wildman–Crippen LogP) is 10.7. The molecule has 0 heterocycles. The fourth-order valence-electron chi connectivity index (χ4n) is 8.57. The minimum Gasteiger partial charge on any atom is -0.330 e. The van der Waals surface area contributed by atoms with E-state index in [4.69, 9.17) is 5.73 Å². The maximum Gasteiger partial charge on any atom is 0.00399 e. The van der Waals surface area contributed by atoms with Gasteiger partial charge in [-0.1, -0.05) is 98.6 Å². The summed E-state index contributed by atoms with van der Waals surface area (Å²) in [6.07, 6.45) is 18.5. The molecule has 1 aromatic carbocycles. The van der Waals surface area contributed by atoms with Gasteiger partial charge in [0.25, 0.3) is 0 Å². The van der Waals surface area contributed by atoms with Gasteiger partial charge in [0, 0.05) is 4.90 Å². The van der Waals surface area contributed by atoms with Gasteiger partial charge in [-0.2, -0.15) is 0 Å². The first-order valence-corrected chi connectivity index (χ1v) is 15.4. The molecule has 4 aliphatic carbocycles. The zero-order chi connectivity index (χ0) is 26.1. The minimum absolute atomic E-state index is 0. The largest absolute Gasteiger partial charge is 0.330 e. The Labute approximate surface area is 231 Å². The standard InChI is InChI=1S/C23H39N.C6H6S.2C2H6.CH4/c1-21-13-5-4-7-18(21)11-14-23(3)19-10-9-17(8-6-16-24)22(19,2)15-12-20(21)23;7-6-4-2-1-3-5-6;2*1-2;/h12,17-19H,4-11,13-16,24H2,1-3H3;1-5,7H;2*1-2H3;1H4/t17-,18-,19?,21-,22+,23-;;;;/m0..../s1. The third-order valence-electron chi connectivity index (χ3n) is 10.2. The molecule has 1 nitrogen and oxygen atoms in total. The molecule has 0 bridgehead atoms. The first-order chi connectivity index (χ1) is 16.8. The SMILES string of the molecule is C.CC.CC.C[C@]12CC=C3[C@@](C)(CC[C@@H]4CCCC[C@]34C)C1CC[C@@H]2CCCN.Sc1ccccc1. The van der Waals surface area contributed by atoms with Crippen molar-refractivity contribution in [1.29, 1.82) is 0 Å². The fraction of sp³-hybridized carbons (Fsp3) is 0.765. The van der Waals surface area contributed by atoms with Gasteiger partial charge in [-0.3, -0.25) is 0 Å². The lowest BCUT2D eigenvalue weighted by atomic mass is 9.43. The van der Waals surface area contributed by atoms with Crippen LogP contribution in [0.15, 0.2) is 46.9 Å². The summed E-state index contributed by atoms with van der Waals surface area (Å²) in [4.78, 5) is 1.02. The molecule has 3 saturated carbocycles. The highest BCUT2D eigenvalue weighted by Gasteiger charge is 2.61. The number of allylic oxidation sites excluding steroid dienone is 2. The van der Waals surface area contributed by atoms with Crippen molar-refractivity contribution < 1.29 is 0 Å². The Hall–Kier alpha value is -0.730. The molecule has 36 heavy (non-hydrogen) atoms. The summed E-state index contributed by atoms with van der Waals surface area (Å²) in [7, 11) is 0. The van der Waals surface area contributed by atoms with E-state index in [0.29, 0.717) is 16.2 Å². The molecule has 0 saturated heterocycles. The maximum absolute atomic E-state index is 5.83. The summed E-state index contributed by atoms with van der Waals surface area (Å²) in [5.74, 6) is 2.81. The first-order valence-electron chi connectivity index (χ1n) is 15.0. The normalized spacial score (nSPS) is 35.8. The average Bonchev–Trinajstić information content (AvgIpc) is 3.23. The Balaban J connectivity index is 0.000000459.